The third-order valence-electron chi connectivity index (χ3n) is 2.75. The van der Waals surface area contributed by atoms with Crippen LogP contribution in [0, 0.1) is 5.92 Å². The second-order valence-corrected chi connectivity index (χ2v) is 3.90. The summed E-state index contributed by atoms with van der Waals surface area (Å²) in [5.74, 6) is -0.725. The lowest BCUT2D eigenvalue weighted by molar-refractivity contribution is -0.145. The van der Waals surface area contributed by atoms with Gasteiger partial charge in [0.2, 0.25) is 5.91 Å². The Balaban J connectivity index is 1.99. The van der Waals surface area contributed by atoms with Crippen molar-refractivity contribution in [2.24, 2.45) is 5.92 Å². The topological polar surface area (TPSA) is 72.4 Å². The van der Waals surface area contributed by atoms with Gasteiger partial charge in [0.25, 0.3) is 0 Å². The standard InChI is InChI=1S/C11H13N3O3/c1-17-11(16)8-4-10(15)14(5-8)6-9-2-3-12-7-13-9/h2-3,7-8H,4-6H2,1H3. The summed E-state index contributed by atoms with van der Waals surface area (Å²) in [7, 11) is 1.33. The summed E-state index contributed by atoms with van der Waals surface area (Å²) < 4.78 is 4.64. The first-order valence-corrected chi connectivity index (χ1v) is 5.31. The molecule has 1 amide bonds. The van der Waals surface area contributed by atoms with Crippen molar-refractivity contribution in [1.29, 1.82) is 0 Å². The first-order valence-electron chi connectivity index (χ1n) is 5.31. The molecule has 90 valence electrons. The van der Waals surface area contributed by atoms with Gasteiger partial charge in [-0.15, -0.1) is 0 Å². The summed E-state index contributed by atoms with van der Waals surface area (Å²) in [4.78, 5) is 32.5. The average molecular weight is 235 g/mol. The van der Waals surface area contributed by atoms with Crippen molar-refractivity contribution in [2.45, 2.75) is 13.0 Å². The minimum atomic E-state index is -0.352. The summed E-state index contributed by atoms with van der Waals surface area (Å²) in [5, 5.41) is 0. The van der Waals surface area contributed by atoms with Crippen LogP contribution in [0.2, 0.25) is 0 Å². The van der Waals surface area contributed by atoms with E-state index in [-0.39, 0.29) is 24.2 Å². The molecule has 1 aromatic rings. The normalized spacial score (nSPS) is 19.5. The second-order valence-electron chi connectivity index (χ2n) is 3.90. The second kappa shape index (κ2) is 4.90. The van der Waals surface area contributed by atoms with Crippen LogP contribution in [0.5, 0.6) is 0 Å². The molecule has 2 heterocycles. The SMILES string of the molecule is COC(=O)C1CC(=O)N(Cc2ccncn2)C1. The van der Waals surface area contributed by atoms with Crippen molar-refractivity contribution in [3.8, 4) is 0 Å². The van der Waals surface area contributed by atoms with E-state index >= 15 is 0 Å². The predicted octanol–water partition coefficient (Wildman–Crippen LogP) is -0.00190. The summed E-state index contributed by atoms with van der Waals surface area (Å²) in [5.41, 5.74) is 0.763. The molecule has 1 unspecified atom stereocenters. The highest BCUT2D eigenvalue weighted by atomic mass is 16.5. The Morgan fingerprint density at radius 1 is 1.65 bits per heavy atom. The maximum atomic E-state index is 11.7. The van der Waals surface area contributed by atoms with E-state index in [4.69, 9.17) is 0 Å². The van der Waals surface area contributed by atoms with Gasteiger partial charge in [-0.3, -0.25) is 9.59 Å². The van der Waals surface area contributed by atoms with Crippen LogP contribution in [0.3, 0.4) is 0 Å². The molecular formula is C11H13N3O3. The molecule has 1 aliphatic heterocycles. The number of rotatable bonds is 3. The zero-order valence-electron chi connectivity index (χ0n) is 9.50. The first-order chi connectivity index (χ1) is 8.20. The van der Waals surface area contributed by atoms with E-state index < -0.39 is 0 Å². The van der Waals surface area contributed by atoms with Crippen molar-refractivity contribution in [3.63, 3.8) is 0 Å². The minimum Gasteiger partial charge on any atom is -0.469 e. The molecule has 1 atom stereocenters. The number of aromatic nitrogens is 2. The van der Waals surface area contributed by atoms with Crippen LogP contribution in [0.15, 0.2) is 18.6 Å². The van der Waals surface area contributed by atoms with Crippen LogP contribution in [0.4, 0.5) is 0 Å². The number of methoxy groups -OCH3 is 1. The number of hydrogen-bond donors (Lipinski definition) is 0. The first kappa shape index (κ1) is 11.5. The Morgan fingerprint density at radius 3 is 3.12 bits per heavy atom. The van der Waals surface area contributed by atoms with Gasteiger partial charge in [-0.25, -0.2) is 9.97 Å². The number of hydrogen-bond acceptors (Lipinski definition) is 5. The van der Waals surface area contributed by atoms with Gasteiger partial charge in [-0.2, -0.15) is 0 Å². The molecule has 1 saturated heterocycles. The fourth-order valence-electron chi connectivity index (χ4n) is 1.86. The van der Waals surface area contributed by atoms with Crippen LogP contribution >= 0.6 is 0 Å². The number of amides is 1. The highest BCUT2D eigenvalue weighted by molar-refractivity contribution is 5.86. The molecule has 0 bridgehead atoms. The molecule has 2 rings (SSSR count). The Kier molecular flexibility index (Phi) is 3.32. The van der Waals surface area contributed by atoms with Crippen molar-refractivity contribution in [1.82, 2.24) is 14.9 Å². The van der Waals surface area contributed by atoms with Gasteiger partial charge in [-0.1, -0.05) is 0 Å². The molecule has 17 heavy (non-hydrogen) atoms. The number of nitrogens with zero attached hydrogens (tertiary/aromatic N) is 3. The van der Waals surface area contributed by atoms with Gasteiger partial charge in [-0.05, 0) is 6.07 Å². The van der Waals surface area contributed by atoms with Crippen LogP contribution in [0.25, 0.3) is 0 Å². The van der Waals surface area contributed by atoms with Gasteiger partial charge >= 0.3 is 5.97 Å². The molecule has 6 heteroatoms. The number of carbonyl (C=O) groups excluding carboxylic acids is 2. The molecule has 1 fully saturated rings. The smallest absolute Gasteiger partial charge is 0.310 e. The highest BCUT2D eigenvalue weighted by Crippen LogP contribution is 2.20. The van der Waals surface area contributed by atoms with Crippen LogP contribution in [-0.4, -0.2) is 40.4 Å². The summed E-state index contributed by atoms with van der Waals surface area (Å²) in [6.07, 6.45) is 3.28. The number of carbonyl (C=O) groups is 2. The van der Waals surface area contributed by atoms with Gasteiger partial charge in [0.15, 0.2) is 0 Å². The van der Waals surface area contributed by atoms with E-state index in [0.29, 0.717) is 13.1 Å². The number of likely N-dealkylation sites (tertiary alicyclic amines) is 1. The molecule has 0 aliphatic carbocycles. The van der Waals surface area contributed by atoms with Crippen molar-refractivity contribution in [3.05, 3.63) is 24.3 Å². The summed E-state index contributed by atoms with van der Waals surface area (Å²) >= 11 is 0. The van der Waals surface area contributed by atoms with Gasteiger partial charge in [0.05, 0.1) is 25.3 Å². The lowest BCUT2D eigenvalue weighted by Crippen LogP contribution is -2.26. The van der Waals surface area contributed by atoms with Crippen LogP contribution in [-0.2, 0) is 20.9 Å². The van der Waals surface area contributed by atoms with Crippen molar-refractivity contribution in [2.75, 3.05) is 13.7 Å². The monoisotopic (exact) mass is 235 g/mol. The van der Waals surface area contributed by atoms with Gasteiger partial charge in [0, 0.05) is 19.2 Å². The fraction of sp³-hybridized carbons (Fsp3) is 0.455. The minimum absolute atomic E-state index is 0.0426. The summed E-state index contributed by atoms with van der Waals surface area (Å²) in [6, 6.07) is 1.75. The Bertz CT molecular complexity index is 421. The maximum Gasteiger partial charge on any atom is 0.310 e. The lowest BCUT2D eigenvalue weighted by atomic mass is 10.1. The largest absolute Gasteiger partial charge is 0.469 e. The molecule has 0 radical (unpaired) electrons. The van der Waals surface area contributed by atoms with Crippen molar-refractivity contribution >= 4 is 11.9 Å². The van der Waals surface area contributed by atoms with E-state index in [9.17, 15) is 9.59 Å². The lowest BCUT2D eigenvalue weighted by Gasteiger charge is -2.15. The molecule has 6 nitrogen and oxygen atoms in total. The fourth-order valence-corrected chi connectivity index (χ4v) is 1.86. The zero-order valence-corrected chi connectivity index (χ0v) is 9.50. The maximum absolute atomic E-state index is 11.7. The summed E-state index contributed by atoms with van der Waals surface area (Å²) in [6.45, 7) is 0.810. The van der Waals surface area contributed by atoms with Gasteiger partial charge < -0.3 is 9.64 Å². The Labute approximate surface area is 98.6 Å². The average Bonchev–Trinajstić information content (AvgIpc) is 2.71. The van der Waals surface area contributed by atoms with E-state index in [1.807, 2.05) is 0 Å². The Hall–Kier alpha value is -1.98. The van der Waals surface area contributed by atoms with Crippen LogP contribution in [0.1, 0.15) is 12.1 Å². The third kappa shape index (κ3) is 2.58. The molecular weight excluding hydrogens is 222 g/mol. The van der Waals surface area contributed by atoms with Crippen molar-refractivity contribution < 1.29 is 14.3 Å². The Morgan fingerprint density at radius 2 is 2.47 bits per heavy atom. The van der Waals surface area contributed by atoms with Crippen LogP contribution < -0.4 is 0 Å². The van der Waals surface area contributed by atoms with E-state index in [1.54, 1.807) is 17.2 Å². The molecule has 0 aromatic carbocycles. The quantitative estimate of drug-likeness (QED) is 0.689. The van der Waals surface area contributed by atoms with E-state index in [2.05, 4.69) is 14.7 Å². The van der Waals surface area contributed by atoms with Gasteiger partial charge in [0.1, 0.15) is 6.33 Å². The zero-order chi connectivity index (χ0) is 12.3. The molecule has 1 aromatic heterocycles. The van der Waals surface area contributed by atoms with E-state index in [1.165, 1.54) is 13.4 Å². The molecule has 1 aliphatic rings. The number of esters is 1. The predicted molar refractivity (Wildman–Crippen MR) is 57.6 cm³/mol. The third-order valence-corrected chi connectivity index (χ3v) is 2.75. The highest BCUT2D eigenvalue weighted by Gasteiger charge is 2.34. The molecule has 0 saturated carbocycles. The molecule has 0 N–H and O–H groups in total. The van der Waals surface area contributed by atoms with E-state index in [0.717, 1.165) is 5.69 Å². The number of ether oxygens (including phenoxy) is 1. The molecule has 0 spiro atoms.